The Bertz CT molecular complexity index is 499. The molecule has 2 rings (SSSR count). The summed E-state index contributed by atoms with van der Waals surface area (Å²) in [5.74, 6) is -0.926. The predicted octanol–water partition coefficient (Wildman–Crippen LogP) is 1.74. The molecule has 20 heavy (non-hydrogen) atoms. The van der Waals surface area contributed by atoms with Crippen LogP contribution in [0, 0.1) is 5.82 Å². The van der Waals surface area contributed by atoms with Gasteiger partial charge in [0.1, 0.15) is 5.82 Å². The van der Waals surface area contributed by atoms with Gasteiger partial charge in [-0.05, 0) is 31.0 Å². The number of halogens is 1. The van der Waals surface area contributed by atoms with Gasteiger partial charge in [-0.1, -0.05) is 6.07 Å². The second-order valence-electron chi connectivity index (χ2n) is 4.45. The van der Waals surface area contributed by atoms with Crippen molar-refractivity contribution in [1.82, 2.24) is 5.32 Å². The van der Waals surface area contributed by atoms with Crippen molar-refractivity contribution in [3.8, 4) is 0 Å². The number of rotatable bonds is 3. The summed E-state index contributed by atoms with van der Waals surface area (Å²) in [6, 6.07) is 5.53. The van der Waals surface area contributed by atoms with Crippen LogP contribution in [0.2, 0.25) is 0 Å². The van der Waals surface area contributed by atoms with Crippen LogP contribution in [0.1, 0.15) is 23.2 Å². The number of ether oxygens (including phenoxy) is 2. The molecule has 0 aromatic heterocycles. The number of hydrogen-bond donors (Lipinski definition) is 1. The largest absolute Gasteiger partial charge is 0.468 e. The van der Waals surface area contributed by atoms with Gasteiger partial charge in [0.05, 0.1) is 19.8 Å². The van der Waals surface area contributed by atoms with Gasteiger partial charge >= 0.3 is 0 Å². The molecule has 0 unspecified atom stereocenters. The van der Waals surface area contributed by atoms with Crippen LogP contribution >= 0.6 is 0 Å². The SMILES string of the molecule is COC(=NC[C@@H]1CCCO1)NC(=O)c1cccc(F)c1. The van der Waals surface area contributed by atoms with Crippen LogP contribution in [0.4, 0.5) is 4.39 Å². The molecule has 0 saturated carbocycles. The van der Waals surface area contributed by atoms with Crippen molar-refractivity contribution in [2.45, 2.75) is 18.9 Å². The van der Waals surface area contributed by atoms with E-state index in [4.69, 9.17) is 9.47 Å². The third-order valence-corrected chi connectivity index (χ3v) is 2.96. The maximum Gasteiger partial charge on any atom is 0.291 e. The number of amides is 1. The Morgan fingerprint density at radius 3 is 3.10 bits per heavy atom. The van der Waals surface area contributed by atoms with E-state index in [9.17, 15) is 9.18 Å². The van der Waals surface area contributed by atoms with Gasteiger partial charge in [0.15, 0.2) is 0 Å². The van der Waals surface area contributed by atoms with Gasteiger partial charge in [-0.25, -0.2) is 9.38 Å². The van der Waals surface area contributed by atoms with E-state index in [0.717, 1.165) is 25.5 Å². The summed E-state index contributed by atoms with van der Waals surface area (Å²) in [6.07, 6.45) is 2.06. The highest BCUT2D eigenvalue weighted by Crippen LogP contribution is 2.11. The van der Waals surface area contributed by atoms with Crippen molar-refractivity contribution in [3.63, 3.8) is 0 Å². The summed E-state index contributed by atoms with van der Waals surface area (Å²) in [6.45, 7) is 1.19. The smallest absolute Gasteiger partial charge is 0.291 e. The third kappa shape index (κ3) is 4.03. The van der Waals surface area contributed by atoms with E-state index < -0.39 is 11.7 Å². The first kappa shape index (κ1) is 14.5. The molecule has 1 atom stereocenters. The molecule has 0 radical (unpaired) electrons. The molecule has 0 spiro atoms. The van der Waals surface area contributed by atoms with E-state index in [-0.39, 0.29) is 17.7 Å². The molecular weight excluding hydrogens is 263 g/mol. The third-order valence-electron chi connectivity index (χ3n) is 2.96. The zero-order valence-electron chi connectivity index (χ0n) is 11.3. The van der Waals surface area contributed by atoms with Crippen molar-refractivity contribution >= 4 is 11.9 Å². The molecule has 108 valence electrons. The molecule has 5 nitrogen and oxygen atoms in total. The number of carbonyl (C=O) groups excluding carboxylic acids is 1. The minimum atomic E-state index is -0.465. The van der Waals surface area contributed by atoms with Crippen molar-refractivity contribution in [2.75, 3.05) is 20.3 Å². The standard InChI is InChI=1S/C14H17FN2O3/c1-19-14(16-9-12-6-3-7-20-12)17-13(18)10-4-2-5-11(15)8-10/h2,4-5,8,12H,3,6-7,9H2,1H3,(H,16,17,18)/t12-/m0/s1. The molecule has 1 N–H and O–H groups in total. The zero-order chi connectivity index (χ0) is 14.4. The predicted molar refractivity (Wildman–Crippen MR) is 72.2 cm³/mol. The summed E-state index contributed by atoms with van der Waals surface area (Å²) in [5, 5.41) is 2.50. The second-order valence-corrected chi connectivity index (χ2v) is 4.45. The fourth-order valence-corrected chi connectivity index (χ4v) is 1.93. The average Bonchev–Trinajstić information content (AvgIpc) is 2.96. The zero-order valence-corrected chi connectivity index (χ0v) is 11.3. The molecule has 1 aromatic carbocycles. The van der Waals surface area contributed by atoms with Gasteiger partial charge in [-0.2, -0.15) is 0 Å². The Hall–Kier alpha value is -1.95. The van der Waals surface area contributed by atoms with E-state index in [1.54, 1.807) is 0 Å². The summed E-state index contributed by atoms with van der Waals surface area (Å²) in [5.41, 5.74) is 0.215. The second kappa shape index (κ2) is 7.00. The average molecular weight is 280 g/mol. The van der Waals surface area contributed by atoms with Crippen LogP contribution in [0.5, 0.6) is 0 Å². The highest BCUT2D eigenvalue weighted by Gasteiger charge is 2.16. The van der Waals surface area contributed by atoms with Gasteiger partial charge < -0.3 is 9.47 Å². The van der Waals surface area contributed by atoms with Crippen molar-refractivity contribution in [3.05, 3.63) is 35.6 Å². The number of methoxy groups -OCH3 is 1. The lowest BCUT2D eigenvalue weighted by Gasteiger charge is -2.09. The van der Waals surface area contributed by atoms with Crippen LogP contribution in [0.15, 0.2) is 29.3 Å². The molecule has 0 aliphatic carbocycles. The quantitative estimate of drug-likeness (QED) is 0.677. The van der Waals surface area contributed by atoms with E-state index in [1.165, 1.54) is 25.3 Å². The van der Waals surface area contributed by atoms with E-state index in [1.807, 2.05) is 0 Å². The molecule has 1 fully saturated rings. The summed E-state index contributed by atoms with van der Waals surface area (Å²) >= 11 is 0. The number of aliphatic imine (C=N–C) groups is 1. The highest BCUT2D eigenvalue weighted by molar-refractivity contribution is 6.04. The summed E-state index contributed by atoms with van der Waals surface area (Å²) in [4.78, 5) is 16.0. The van der Waals surface area contributed by atoms with E-state index in [2.05, 4.69) is 10.3 Å². The van der Waals surface area contributed by atoms with Gasteiger partial charge in [0.25, 0.3) is 11.9 Å². The maximum absolute atomic E-state index is 13.0. The highest BCUT2D eigenvalue weighted by atomic mass is 19.1. The van der Waals surface area contributed by atoms with Gasteiger partial charge in [-0.3, -0.25) is 10.1 Å². The van der Waals surface area contributed by atoms with Crippen LogP contribution < -0.4 is 5.32 Å². The summed E-state index contributed by atoms with van der Waals surface area (Å²) in [7, 11) is 1.42. The fraction of sp³-hybridized carbons (Fsp3) is 0.429. The summed E-state index contributed by atoms with van der Waals surface area (Å²) < 4.78 is 23.5. The maximum atomic E-state index is 13.0. The Kier molecular flexibility index (Phi) is 5.06. The fourth-order valence-electron chi connectivity index (χ4n) is 1.93. The Morgan fingerprint density at radius 1 is 1.60 bits per heavy atom. The first-order valence-electron chi connectivity index (χ1n) is 6.46. The van der Waals surface area contributed by atoms with E-state index in [0.29, 0.717) is 6.54 Å². The molecule has 0 bridgehead atoms. The molecule has 1 saturated heterocycles. The first-order valence-corrected chi connectivity index (χ1v) is 6.46. The molecule has 6 heteroatoms. The van der Waals surface area contributed by atoms with E-state index >= 15 is 0 Å². The molecule has 1 heterocycles. The van der Waals surface area contributed by atoms with Crippen LogP contribution in [-0.4, -0.2) is 38.3 Å². The molecule has 1 amide bonds. The Balaban J connectivity index is 1.94. The Morgan fingerprint density at radius 2 is 2.45 bits per heavy atom. The van der Waals surface area contributed by atoms with Crippen molar-refractivity contribution in [2.24, 2.45) is 4.99 Å². The normalized spacial score (nSPS) is 18.9. The van der Waals surface area contributed by atoms with Crippen LogP contribution in [0.25, 0.3) is 0 Å². The monoisotopic (exact) mass is 280 g/mol. The minimum absolute atomic E-state index is 0.0752. The lowest BCUT2D eigenvalue weighted by atomic mass is 10.2. The number of benzene rings is 1. The lowest BCUT2D eigenvalue weighted by molar-refractivity contribution is 0.0965. The number of carbonyl (C=O) groups is 1. The Labute approximate surface area is 116 Å². The topological polar surface area (TPSA) is 59.9 Å². The molecular formula is C14H17FN2O3. The van der Waals surface area contributed by atoms with Crippen LogP contribution in [0.3, 0.4) is 0 Å². The van der Waals surface area contributed by atoms with Gasteiger partial charge in [-0.15, -0.1) is 0 Å². The van der Waals surface area contributed by atoms with Crippen molar-refractivity contribution < 1.29 is 18.7 Å². The van der Waals surface area contributed by atoms with Crippen LogP contribution in [-0.2, 0) is 9.47 Å². The van der Waals surface area contributed by atoms with Gasteiger partial charge in [0, 0.05) is 12.2 Å². The molecule has 1 aromatic rings. The number of amidine groups is 1. The number of nitrogens with one attached hydrogen (secondary N) is 1. The lowest BCUT2D eigenvalue weighted by Crippen LogP contribution is -2.32. The van der Waals surface area contributed by atoms with Crippen molar-refractivity contribution in [1.29, 1.82) is 0 Å². The first-order chi connectivity index (χ1) is 9.69. The molecule has 1 aliphatic heterocycles. The number of nitrogens with zero attached hydrogens (tertiary/aromatic N) is 1. The minimum Gasteiger partial charge on any atom is -0.468 e. The number of hydrogen-bond acceptors (Lipinski definition) is 4. The van der Waals surface area contributed by atoms with Gasteiger partial charge in [0.2, 0.25) is 0 Å². The molecule has 1 aliphatic rings.